The third-order valence-electron chi connectivity index (χ3n) is 6.31. The van der Waals surface area contributed by atoms with Gasteiger partial charge >= 0.3 is 5.97 Å². The maximum Gasteiger partial charge on any atom is 0.356 e. The summed E-state index contributed by atoms with van der Waals surface area (Å²) in [7, 11) is 1.35. The van der Waals surface area contributed by atoms with E-state index in [9.17, 15) is 9.59 Å². The fourth-order valence-electron chi connectivity index (χ4n) is 4.28. The molecular formula is C25H30N4O3. The molecule has 4 rings (SSSR count). The zero-order valence-electron chi connectivity index (χ0n) is 19.1. The van der Waals surface area contributed by atoms with Crippen LogP contribution in [0.25, 0.3) is 0 Å². The number of fused-ring (bicyclic) bond motifs is 1. The maximum atomic E-state index is 12.9. The lowest BCUT2D eigenvalue weighted by molar-refractivity contribution is -0.136. The summed E-state index contributed by atoms with van der Waals surface area (Å²) in [6.07, 6.45) is 0. The summed E-state index contributed by atoms with van der Waals surface area (Å²) in [4.78, 5) is 30.1. The van der Waals surface area contributed by atoms with Crippen LogP contribution < -0.4 is 15.5 Å². The van der Waals surface area contributed by atoms with Crippen molar-refractivity contribution >= 4 is 23.3 Å². The monoisotopic (exact) mass is 434 g/mol. The van der Waals surface area contributed by atoms with Crippen molar-refractivity contribution in [1.82, 2.24) is 10.2 Å². The SMILES string of the molecule is COC(=O)C1=C(CN2CCN(c3cccc(C)c3C)CC2)NC(=O)c2cc(C)ccc2N1. The molecule has 2 aromatic carbocycles. The molecule has 2 N–H and O–H groups in total. The van der Waals surface area contributed by atoms with Gasteiger partial charge in [-0.15, -0.1) is 0 Å². The van der Waals surface area contributed by atoms with Gasteiger partial charge in [-0.1, -0.05) is 23.8 Å². The molecule has 7 heteroatoms. The standard InChI is InChI=1S/C25H30N4O3/c1-16-8-9-20-19(14-16)24(30)27-21(23(26-20)25(31)32-4)15-28-10-12-29(13-11-28)22-7-5-6-17(2)18(22)3/h5-9,14,26H,10-13,15H2,1-4H3,(H,27,30). The van der Waals surface area contributed by atoms with Gasteiger partial charge in [0.05, 0.1) is 24.1 Å². The van der Waals surface area contributed by atoms with Gasteiger partial charge in [0.1, 0.15) is 5.70 Å². The Morgan fingerprint density at radius 2 is 1.78 bits per heavy atom. The molecule has 0 saturated carbocycles. The van der Waals surface area contributed by atoms with Gasteiger partial charge < -0.3 is 20.3 Å². The number of ether oxygens (including phenoxy) is 1. The molecule has 0 spiro atoms. The fourth-order valence-corrected chi connectivity index (χ4v) is 4.28. The fraction of sp³-hybridized carbons (Fsp3) is 0.360. The summed E-state index contributed by atoms with van der Waals surface area (Å²) >= 11 is 0. The number of hydrogen-bond acceptors (Lipinski definition) is 6. The Morgan fingerprint density at radius 3 is 2.50 bits per heavy atom. The minimum Gasteiger partial charge on any atom is -0.464 e. The number of aryl methyl sites for hydroxylation is 2. The number of hydrogen-bond donors (Lipinski definition) is 2. The molecule has 1 saturated heterocycles. The lowest BCUT2D eigenvalue weighted by Gasteiger charge is -2.37. The second-order valence-electron chi connectivity index (χ2n) is 8.46. The molecule has 0 radical (unpaired) electrons. The van der Waals surface area contributed by atoms with Crippen molar-refractivity contribution in [2.24, 2.45) is 0 Å². The van der Waals surface area contributed by atoms with Gasteiger partial charge in [0.15, 0.2) is 0 Å². The first-order chi connectivity index (χ1) is 15.4. The number of nitrogens with one attached hydrogen (secondary N) is 2. The first-order valence-corrected chi connectivity index (χ1v) is 10.9. The Kier molecular flexibility index (Phi) is 6.19. The quantitative estimate of drug-likeness (QED) is 0.721. The summed E-state index contributed by atoms with van der Waals surface area (Å²) in [5.41, 5.74) is 6.78. The van der Waals surface area contributed by atoms with Gasteiger partial charge in [-0.05, 0) is 50.1 Å². The van der Waals surface area contributed by atoms with Crippen LogP contribution in [0.4, 0.5) is 11.4 Å². The van der Waals surface area contributed by atoms with Crippen molar-refractivity contribution in [2.45, 2.75) is 20.8 Å². The van der Waals surface area contributed by atoms with Crippen LogP contribution >= 0.6 is 0 Å². The molecule has 0 bridgehead atoms. The highest BCUT2D eigenvalue weighted by molar-refractivity contribution is 6.05. The van der Waals surface area contributed by atoms with Gasteiger partial charge in [0.2, 0.25) is 0 Å². The number of amides is 1. The number of piperazine rings is 1. The third kappa shape index (κ3) is 4.34. The zero-order valence-corrected chi connectivity index (χ0v) is 19.1. The van der Waals surface area contributed by atoms with E-state index in [2.05, 4.69) is 52.5 Å². The minimum atomic E-state index is -0.497. The van der Waals surface area contributed by atoms with Crippen molar-refractivity contribution in [3.8, 4) is 0 Å². The summed E-state index contributed by atoms with van der Waals surface area (Å²) in [6.45, 7) is 10.1. The van der Waals surface area contributed by atoms with Gasteiger partial charge in [0.25, 0.3) is 5.91 Å². The number of carbonyl (C=O) groups is 2. The van der Waals surface area contributed by atoms with E-state index in [1.54, 1.807) is 0 Å². The van der Waals surface area contributed by atoms with E-state index in [-0.39, 0.29) is 11.6 Å². The Balaban J connectivity index is 1.52. The van der Waals surface area contributed by atoms with Crippen LogP contribution in [-0.2, 0) is 9.53 Å². The highest BCUT2D eigenvalue weighted by Crippen LogP contribution is 2.26. The number of nitrogens with zero attached hydrogens (tertiary/aromatic N) is 2. The summed E-state index contributed by atoms with van der Waals surface area (Å²) in [5.74, 6) is -0.720. The van der Waals surface area contributed by atoms with E-state index >= 15 is 0 Å². The number of esters is 1. The molecule has 0 aliphatic carbocycles. The van der Waals surface area contributed by atoms with E-state index in [1.807, 2.05) is 25.1 Å². The van der Waals surface area contributed by atoms with E-state index in [4.69, 9.17) is 4.74 Å². The lowest BCUT2D eigenvalue weighted by atomic mass is 10.1. The highest BCUT2D eigenvalue weighted by Gasteiger charge is 2.28. The Hall–Kier alpha value is -3.32. The summed E-state index contributed by atoms with van der Waals surface area (Å²) < 4.78 is 5.00. The van der Waals surface area contributed by atoms with Gasteiger partial charge in [-0.25, -0.2) is 4.79 Å². The van der Waals surface area contributed by atoms with Crippen LogP contribution in [0.15, 0.2) is 47.8 Å². The molecule has 168 valence electrons. The van der Waals surface area contributed by atoms with E-state index in [1.165, 1.54) is 23.9 Å². The number of rotatable bonds is 4. The molecule has 2 aromatic rings. The first kappa shape index (κ1) is 21.9. The maximum absolute atomic E-state index is 12.9. The van der Waals surface area contributed by atoms with Crippen molar-refractivity contribution in [3.05, 3.63) is 70.0 Å². The third-order valence-corrected chi connectivity index (χ3v) is 6.31. The molecule has 2 aliphatic heterocycles. The Bertz CT molecular complexity index is 1080. The van der Waals surface area contributed by atoms with Crippen LogP contribution in [0.2, 0.25) is 0 Å². The highest BCUT2D eigenvalue weighted by atomic mass is 16.5. The van der Waals surface area contributed by atoms with Gasteiger partial charge in [-0.3, -0.25) is 9.69 Å². The Labute approximate surface area is 189 Å². The normalized spacial score (nSPS) is 16.8. The minimum absolute atomic E-state index is 0.223. The number of benzene rings is 2. The lowest BCUT2D eigenvalue weighted by Crippen LogP contribution is -2.48. The van der Waals surface area contributed by atoms with Crippen molar-refractivity contribution in [2.75, 3.05) is 50.1 Å². The Morgan fingerprint density at radius 1 is 1.03 bits per heavy atom. The van der Waals surface area contributed by atoms with Crippen molar-refractivity contribution in [1.29, 1.82) is 0 Å². The van der Waals surface area contributed by atoms with E-state index < -0.39 is 5.97 Å². The molecule has 0 atom stereocenters. The smallest absolute Gasteiger partial charge is 0.356 e. The summed E-state index contributed by atoms with van der Waals surface area (Å²) in [5, 5.41) is 6.10. The van der Waals surface area contributed by atoms with Gasteiger partial charge in [0, 0.05) is 38.4 Å². The predicted octanol–water partition coefficient (Wildman–Crippen LogP) is 2.97. The topological polar surface area (TPSA) is 73.9 Å². The second kappa shape index (κ2) is 9.04. The van der Waals surface area contributed by atoms with Crippen molar-refractivity contribution in [3.63, 3.8) is 0 Å². The van der Waals surface area contributed by atoms with Crippen LogP contribution in [0.5, 0.6) is 0 Å². The van der Waals surface area contributed by atoms with Crippen LogP contribution in [-0.4, -0.2) is 56.6 Å². The molecule has 7 nitrogen and oxygen atoms in total. The van der Waals surface area contributed by atoms with Crippen molar-refractivity contribution < 1.29 is 14.3 Å². The average Bonchev–Trinajstić information content (AvgIpc) is 2.92. The molecule has 0 unspecified atom stereocenters. The largest absolute Gasteiger partial charge is 0.464 e. The molecule has 2 heterocycles. The zero-order chi connectivity index (χ0) is 22.8. The number of methoxy groups -OCH3 is 1. The second-order valence-corrected chi connectivity index (χ2v) is 8.46. The molecule has 32 heavy (non-hydrogen) atoms. The number of anilines is 2. The molecule has 1 fully saturated rings. The van der Waals surface area contributed by atoms with Crippen LogP contribution in [0.1, 0.15) is 27.0 Å². The molecular weight excluding hydrogens is 404 g/mol. The molecule has 2 aliphatic rings. The average molecular weight is 435 g/mol. The van der Waals surface area contributed by atoms with Crippen LogP contribution in [0, 0.1) is 20.8 Å². The first-order valence-electron chi connectivity index (χ1n) is 10.9. The van der Waals surface area contributed by atoms with E-state index in [0.29, 0.717) is 23.5 Å². The molecule has 0 aromatic heterocycles. The summed E-state index contributed by atoms with van der Waals surface area (Å²) in [6, 6.07) is 12.0. The predicted molar refractivity (Wildman–Crippen MR) is 126 cm³/mol. The van der Waals surface area contributed by atoms with E-state index in [0.717, 1.165) is 31.7 Å². The van der Waals surface area contributed by atoms with Gasteiger partial charge in [-0.2, -0.15) is 0 Å². The molecule has 1 amide bonds. The van der Waals surface area contributed by atoms with Crippen LogP contribution in [0.3, 0.4) is 0 Å². The number of carbonyl (C=O) groups excluding carboxylic acids is 2.